The molecule has 5 aromatic carbocycles. The molecule has 4 unspecified atom stereocenters. The summed E-state index contributed by atoms with van der Waals surface area (Å²) < 4.78 is 0. The summed E-state index contributed by atoms with van der Waals surface area (Å²) in [6.07, 6.45) is 18.1. The van der Waals surface area contributed by atoms with Gasteiger partial charge in [-0.05, 0) is 47.0 Å². The molecule has 3 heterocycles. The van der Waals surface area contributed by atoms with Gasteiger partial charge in [-0.1, -0.05) is 152 Å². The van der Waals surface area contributed by atoms with Crippen LogP contribution in [0.2, 0.25) is 0 Å². The van der Waals surface area contributed by atoms with Gasteiger partial charge in [-0.15, -0.1) is 0 Å². The second kappa shape index (κ2) is 11.7. The Balaban J connectivity index is 1.16. The van der Waals surface area contributed by atoms with Crippen molar-refractivity contribution in [3.05, 3.63) is 193 Å². The zero-order valence-electron chi connectivity index (χ0n) is 27.4. The molecule has 50 heavy (non-hydrogen) atoms. The van der Waals surface area contributed by atoms with E-state index < -0.39 is 0 Å². The van der Waals surface area contributed by atoms with Crippen LogP contribution in [0.15, 0.2) is 182 Å². The molecule has 4 aliphatic rings. The van der Waals surface area contributed by atoms with Crippen molar-refractivity contribution >= 4 is 23.0 Å². The van der Waals surface area contributed by atoms with E-state index in [9.17, 15) is 0 Å². The molecule has 0 amide bonds. The normalized spacial score (nSPS) is 20.8. The van der Waals surface area contributed by atoms with E-state index in [-0.39, 0.29) is 18.0 Å². The van der Waals surface area contributed by atoms with Gasteiger partial charge < -0.3 is 9.80 Å². The Morgan fingerprint density at radius 3 is 1.68 bits per heavy atom. The van der Waals surface area contributed by atoms with Crippen LogP contribution in [0.25, 0.3) is 33.6 Å². The lowest BCUT2D eigenvalue weighted by Crippen LogP contribution is -2.35. The minimum Gasteiger partial charge on any atom is -0.333 e. The third kappa shape index (κ3) is 4.60. The highest BCUT2D eigenvalue weighted by Gasteiger charge is 2.40. The Morgan fingerprint density at radius 1 is 0.420 bits per heavy atom. The largest absolute Gasteiger partial charge is 0.333 e. The van der Waals surface area contributed by atoms with Crippen LogP contribution in [0, 0.1) is 0 Å². The minimum absolute atomic E-state index is 0.0385. The second-order valence-corrected chi connectivity index (χ2v) is 13.3. The fourth-order valence-corrected chi connectivity index (χ4v) is 8.31. The van der Waals surface area contributed by atoms with Crippen molar-refractivity contribution in [3.8, 4) is 33.6 Å². The van der Waals surface area contributed by atoms with E-state index in [0.29, 0.717) is 11.9 Å². The molecule has 2 aliphatic heterocycles. The predicted octanol–water partition coefficient (Wildman–Crippen LogP) is 10.9. The molecule has 0 saturated carbocycles. The van der Waals surface area contributed by atoms with Gasteiger partial charge in [0.2, 0.25) is 5.95 Å². The Hall–Kier alpha value is -6.26. The van der Waals surface area contributed by atoms with Crippen molar-refractivity contribution in [2.45, 2.75) is 23.9 Å². The van der Waals surface area contributed by atoms with Crippen LogP contribution in [-0.2, 0) is 0 Å². The van der Waals surface area contributed by atoms with E-state index in [2.05, 4.69) is 180 Å². The highest BCUT2D eigenvalue weighted by molar-refractivity contribution is 5.89. The van der Waals surface area contributed by atoms with Crippen LogP contribution in [-0.4, -0.2) is 22.1 Å². The van der Waals surface area contributed by atoms with Gasteiger partial charge in [0.15, 0.2) is 0 Å². The van der Waals surface area contributed by atoms with Crippen LogP contribution >= 0.6 is 0 Å². The monoisotopic (exact) mass is 642 g/mol. The fourth-order valence-electron chi connectivity index (χ4n) is 8.31. The van der Waals surface area contributed by atoms with Crippen molar-refractivity contribution in [1.29, 1.82) is 0 Å². The molecule has 0 N–H and O–H groups in total. The number of rotatable bonds is 4. The zero-order chi connectivity index (χ0) is 33.0. The standard InChI is InChI=1S/C46H34N4/c1-3-15-31(16-4-1)40-30-41(32-17-5-2-6-18-32)48-46(47-40)50-44-25-13-7-19-35(44)34-28-27-33(29-39(34)38-22-10-14-26-45(38)50)49-42-23-11-8-20-36(42)37-21-9-12-24-43(37)49/h1-30,36,38,42,45H. The lowest BCUT2D eigenvalue weighted by atomic mass is 9.84. The fraction of sp³-hybridized carbons (Fsp3) is 0.0870. The van der Waals surface area contributed by atoms with E-state index in [1.165, 1.54) is 33.6 Å². The molecular formula is C46H34N4. The lowest BCUT2D eigenvalue weighted by molar-refractivity contribution is 0.683. The van der Waals surface area contributed by atoms with Crippen LogP contribution in [0.3, 0.4) is 0 Å². The number of fused-ring (bicyclic) bond motifs is 8. The summed E-state index contributed by atoms with van der Waals surface area (Å²) in [7, 11) is 0. The number of nitrogens with zero attached hydrogens (tertiary/aromatic N) is 4. The molecule has 0 bridgehead atoms. The molecule has 1 aromatic heterocycles. The van der Waals surface area contributed by atoms with Crippen LogP contribution in [0.5, 0.6) is 0 Å². The first-order valence-corrected chi connectivity index (χ1v) is 17.4. The molecule has 238 valence electrons. The van der Waals surface area contributed by atoms with Gasteiger partial charge in [-0.2, -0.15) is 0 Å². The molecular weight excluding hydrogens is 609 g/mol. The molecule has 0 fully saturated rings. The van der Waals surface area contributed by atoms with E-state index in [0.717, 1.165) is 28.2 Å². The van der Waals surface area contributed by atoms with Gasteiger partial charge in [-0.25, -0.2) is 9.97 Å². The number of benzene rings is 5. The molecule has 0 spiro atoms. The van der Waals surface area contributed by atoms with Gasteiger partial charge in [0, 0.05) is 39.9 Å². The van der Waals surface area contributed by atoms with E-state index in [4.69, 9.17) is 9.97 Å². The van der Waals surface area contributed by atoms with Crippen LogP contribution in [0.4, 0.5) is 23.0 Å². The zero-order valence-corrected chi connectivity index (χ0v) is 27.4. The van der Waals surface area contributed by atoms with E-state index in [1.54, 1.807) is 0 Å². The Kier molecular flexibility index (Phi) is 6.73. The number of para-hydroxylation sites is 2. The maximum atomic E-state index is 5.33. The minimum atomic E-state index is -0.0385. The quantitative estimate of drug-likeness (QED) is 0.192. The van der Waals surface area contributed by atoms with Gasteiger partial charge in [0.25, 0.3) is 0 Å². The van der Waals surface area contributed by atoms with Crippen molar-refractivity contribution < 1.29 is 0 Å². The first kappa shape index (κ1) is 28.7. The third-order valence-electron chi connectivity index (χ3n) is 10.6. The van der Waals surface area contributed by atoms with E-state index >= 15 is 0 Å². The molecule has 4 atom stereocenters. The highest BCUT2D eigenvalue weighted by Crippen LogP contribution is 2.52. The number of hydrogen-bond acceptors (Lipinski definition) is 4. The number of anilines is 4. The Bertz CT molecular complexity index is 2310. The van der Waals surface area contributed by atoms with Crippen molar-refractivity contribution in [2.24, 2.45) is 0 Å². The summed E-state index contributed by atoms with van der Waals surface area (Å²) in [5.41, 5.74) is 12.6. The summed E-state index contributed by atoms with van der Waals surface area (Å²) in [4.78, 5) is 15.6. The van der Waals surface area contributed by atoms with Crippen molar-refractivity contribution in [1.82, 2.24) is 9.97 Å². The van der Waals surface area contributed by atoms with Crippen LogP contribution in [0.1, 0.15) is 23.0 Å². The summed E-state index contributed by atoms with van der Waals surface area (Å²) in [5.74, 6) is 1.10. The molecule has 2 aliphatic carbocycles. The average Bonchev–Trinajstić information content (AvgIpc) is 3.47. The molecule has 10 rings (SSSR count). The van der Waals surface area contributed by atoms with Gasteiger partial charge in [0.1, 0.15) is 0 Å². The van der Waals surface area contributed by atoms with Gasteiger partial charge in [0.05, 0.1) is 29.2 Å². The molecule has 4 nitrogen and oxygen atoms in total. The predicted molar refractivity (Wildman–Crippen MR) is 205 cm³/mol. The number of allylic oxidation sites excluding steroid dienone is 4. The number of hydrogen-bond donors (Lipinski definition) is 0. The first-order valence-electron chi connectivity index (χ1n) is 17.4. The second-order valence-electron chi connectivity index (χ2n) is 13.3. The molecule has 6 aromatic rings. The smallest absolute Gasteiger partial charge is 0.231 e. The van der Waals surface area contributed by atoms with Crippen molar-refractivity contribution in [3.63, 3.8) is 0 Å². The summed E-state index contributed by atoms with van der Waals surface area (Å²) in [6.45, 7) is 0. The SMILES string of the molecule is C1=CC2c3ccccc3N(c3ccc4c(c3)C3C=CC=CC3N(c3nc(-c5ccccc5)cc(-c5ccccc5)n3)c3ccccc3-4)C2C=C1. The highest BCUT2D eigenvalue weighted by atomic mass is 15.3. The summed E-state index contributed by atoms with van der Waals surface area (Å²) in [6, 6.07) is 47.9. The molecule has 0 radical (unpaired) electrons. The van der Waals surface area contributed by atoms with Gasteiger partial charge >= 0.3 is 0 Å². The maximum Gasteiger partial charge on any atom is 0.231 e. The third-order valence-corrected chi connectivity index (χ3v) is 10.6. The Labute approximate surface area is 292 Å². The van der Waals surface area contributed by atoms with Gasteiger partial charge in [-0.3, -0.25) is 0 Å². The number of aromatic nitrogens is 2. The Morgan fingerprint density at radius 2 is 0.980 bits per heavy atom. The van der Waals surface area contributed by atoms with Crippen LogP contribution < -0.4 is 9.80 Å². The van der Waals surface area contributed by atoms with E-state index in [1.807, 2.05) is 12.1 Å². The summed E-state index contributed by atoms with van der Waals surface area (Å²) >= 11 is 0. The average molecular weight is 643 g/mol. The lowest BCUT2D eigenvalue weighted by Gasteiger charge is -2.35. The molecule has 0 saturated heterocycles. The summed E-state index contributed by atoms with van der Waals surface area (Å²) in [5, 5.41) is 0. The molecule has 4 heteroatoms. The maximum absolute atomic E-state index is 5.33. The topological polar surface area (TPSA) is 32.3 Å². The first-order chi connectivity index (χ1) is 24.8. The van der Waals surface area contributed by atoms with Crippen molar-refractivity contribution in [2.75, 3.05) is 9.80 Å².